The normalized spacial score (nSPS) is 13.4. The average Bonchev–Trinajstić information content (AvgIpc) is 2.31. The van der Waals surface area contributed by atoms with E-state index in [0.29, 0.717) is 11.4 Å². The monoisotopic (exact) mass is 258 g/mol. The van der Waals surface area contributed by atoms with Crippen molar-refractivity contribution in [2.75, 3.05) is 12.8 Å². The lowest BCUT2D eigenvalue weighted by Gasteiger charge is -2.15. The second-order valence-electron chi connectivity index (χ2n) is 3.74. The van der Waals surface area contributed by atoms with E-state index in [2.05, 4.69) is 4.72 Å². The first-order valence-electron chi connectivity index (χ1n) is 5.40. The van der Waals surface area contributed by atoms with Crippen LogP contribution < -0.4 is 15.2 Å². The van der Waals surface area contributed by atoms with Gasteiger partial charge in [-0.1, -0.05) is 6.92 Å². The molecule has 0 amide bonds. The fourth-order valence-corrected chi connectivity index (χ4v) is 1.98. The number of nitrogens with one attached hydrogen (secondary N) is 1. The smallest absolute Gasteiger partial charge is 0.240 e. The lowest BCUT2D eigenvalue weighted by Crippen LogP contribution is -2.19. The number of nitrogens with two attached hydrogens (primary N) is 1. The fraction of sp³-hybridized carbons (Fsp3) is 0.455. The van der Waals surface area contributed by atoms with Gasteiger partial charge in [-0.05, 0) is 38.6 Å². The molecular formula is C11H18N2O3S. The predicted molar refractivity (Wildman–Crippen MR) is 67.5 cm³/mol. The van der Waals surface area contributed by atoms with E-state index in [1.807, 2.05) is 13.8 Å². The third-order valence-corrected chi connectivity index (χ3v) is 3.88. The largest absolute Gasteiger partial charge is 0.489 e. The maximum absolute atomic E-state index is 11.5. The van der Waals surface area contributed by atoms with E-state index in [1.165, 1.54) is 19.2 Å². The molecule has 0 spiro atoms. The van der Waals surface area contributed by atoms with Crippen molar-refractivity contribution in [3.8, 4) is 5.75 Å². The zero-order chi connectivity index (χ0) is 13.1. The van der Waals surface area contributed by atoms with Crippen LogP contribution >= 0.6 is 0 Å². The molecule has 3 N–H and O–H groups in total. The van der Waals surface area contributed by atoms with Gasteiger partial charge in [-0.2, -0.15) is 0 Å². The van der Waals surface area contributed by atoms with E-state index in [4.69, 9.17) is 10.5 Å². The van der Waals surface area contributed by atoms with Crippen molar-refractivity contribution in [2.24, 2.45) is 0 Å². The molecule has 1 atom stereocenters. The third kappa shape index (κ3) is 3.34. The Bertz CT molecular complexity index is 485. The highest BCUT2D eigenvalue weighted by atomic mass is 32.2. The van der Waals surface area contributed by atoms with Gasteiger partial charge in [0.05, 0.1) is 16.7 Å². The fourth-order valence-electron chi connectivity index (χ4n) is 1.22. The Kier molecular flexibility index (Phi) is 4.36. The van der Waals surface area contributed by atoms with Crippen molar-refractivity contribution in [1.82, 2.24) is 4.72 Å². The Labute approximate surface area is 102 Å². The number of hydrogen-bond donors (Lipinski definition) is 2. The van der Waals surface area contributed by atoms with Gasteiger partial charge >= 0.3 is 0 Å². The first-order chi connectivity index (χ1) is 7.90. The number of sulfonamides is 1. The Balaban J connectivity index is 3.02. The average molecular weight is 258 g/mol. The van der Waals surface area contributed by atoms with Crippen LogP contribution in [0.3, 0.4) is 0 Å². The minimum absolute atomic E-state index is 0.0454. The molecule has 1 aromatic carbocycles. The second-order valence-corrected chi connectivity index (χ2v) is 5.63. The molecule has 0 radical (unpaired) electrons. The summed E-state index contributed by atoms with van der Waals surface area (Å²) in [5, 5.41) is 0. The van der Waals surface area contributed by atoms with E-state index < -0.39 is 10.0 Å². The summed E-state index contributed by atoms with van der Waals surface area (Å²) in [7, 11) is -2.10. The minimum Gasteiger partial charge on any atom is -0.489 e. The number of anilines is 1. The number of benzene rings is 1. The second kappa shape index (κ2) is 5.37. The molecule has 0 saturated heterocycles. The van der Waals surface area contributed by atoms with Crippen LogP contribution in [-0.2, 0) is 10.0 Å². The molecule has 0 fully saturated rings. The maximum Gasteiger partial charge on any atom is 0.240 e. The summed E-state index contributed by atoms with van der Waals surface area (Å²) >= 11 is 0. The molecule has 0 bridgehead atoms. The number of nitrogen functional groups attached to an aromatic ring is 1. The molecule has 17 heavy (non-hydrogen) atoms. The molecule has 6 heteroatoms. The van der Waals surface area contributed by atoms with Crippen molar-refractivity contribution in [2.45, 2.75) is 31.3 Å². The molecule has 0 aliphatic carbocycles. The van der Waals surface area contributed by atoms with Gasteiger partial charge in [0.25, 0.3) is 0 Å². The summed E-state index contributed by atoms with van der Waals surface area (Å²) in [6, 6.07) is 4.44. The lowest BCUT2D eigenvalue weighted by molar-refractivity contribution is 0.218. The van der Waals surface area contributed by atoms with Gasteiger partial charge in [0.1, 0.15) is 5.75 Å². The summed E-state index contributed by atoms with van der Waals surface area (Å²) in [5.41, 5.74) is 6.08. The van der Waals surface area contributed by atoms with Crippen LogP contribution in [-0.4, -0.2) is 21.6 Å². The number of rotatable bonds is 5. The highest BCUT2D eigenvalue weighted by molar-refractivity contribution is 7.89. The van der Waals surface area contributed by atoms with E-state index >= 15 is 0 Å². The summed E-state index contributed by atoms with van der Waals surface area (Å²) in [6.07, 6.45) is 0.903. The molecular weight excluding hydrogens is 240 g/mol. The molecule has 0 aliphatic heterocycles. The van der Waals surface area contributed by atoms with Crippen molar-refractivity contribution < 1.29 is 13.2 Å². The Hall–Kier alpha value is -1.27. The quantitative estimate of drug-likeness (QED) is 0.781. The summed E-state index contributed by atoms with van der Waals surface area (Å²) < 4.78 is 30.9. The topological polar surface area (TPSA) is 81.4 Å². The van der Waals surface area contributed by atoms with Crippen LogP contribution in [0.15, 0.2) is 23.1 Å². The lowest BCUT2D eigenvalue weighted by atomic mass is 10.3. The van der Waals surface area contributed by atoms with Gasteiger partial charge in [-0.15, -0.1) is 0 Å². The van der Waals surface area contributed by atoms with Crippen molar-refractivity contribution in [3.63, 3.8) is 0 Å². The summed E-state index contributed by atoms with van der Waals surface area (Å²) in [4.78, 5) is 0.133. The standard InChI is InChI=1S/C11H18N2O3S/c1-4-8(2)16-11-6-5-9(7-10(11)12)17(14,15)13-3/h5-8,13H,4,12H2,1-3H3. The van der Waals surface area contributed by atoms with Gasteiger partial charge in [0.15, 0.2) is 0 Å². The SMILES string of the molecule is CCC(C)Oc1ccc(S(=O)(=O)NC)cc1N. The minimum atomic E-state index is -3.46. The predicted octanol–water partition coefficient (Wildman–Crippen LogP) is 1.35. The molecule has 0 aliphatic rings. The van der Waals surface area contributed by atoms with Crippen molar-refractivity contribution in [3.05, 3.63) is 18.2 Å². The molecule has 1 aromatic rings. The molecule has 5 nitrogen and oxygen atoms in total. The number of ether oxygens (including phenoxy) is 1. The van der Waals surface area contributed by atoms with Crippen molar-refractivity contribution in [1.29, 1.82) is 0 Å². The first-order valence-corrected chi connectivity index (χ1v) is 6.88. The summed E-state index contributed by atoms with van der Waals surface area (Å²) in [6.45, 7) is 3.93. The van der Waals surface area contributed by atoms with Gasteiger partial charge in [0, 0.05) is 0 Å². The van der Waals surface area contributed by atoms with Gasteiger partial charge in [0.2, 0.25) is 10.0 Å². The van der Waals surface area contributed by atoms with Crippen molar-refractivity contribution >= 4 is 15.7 Å². The first kappa shape index (κ1) is 13.8. The molecule has 0 heterocycles. The Morgan fingerprint density at radius 3 is 2.59 bits per heavy atom. The van der Waals surface area contributed by atoms with Gasteiger partial charge < -0.3 is 10.5 Å². The zero-order valence-electron chi connectivity index (χ0n) is 10.2. The van der Waals surface area contributed by atoms with Gasteiger partial charge in [-0.25, -0.2) is 13.1 Å². The van der Waals surface area contributed by atoms with Gasteiger partial charge in [-0.3, -0.25) is 0 Å². The molecule has 0 saturated carbocycles. The van der Waals surface area contributed by atoms with Crippen LogP contribution in [0.1, 0.15) is 20.3 Å². The highest BCUT2D eigenvalue weighted by Crippen LogP contribution is 2.25. The highest BCUT2D eigenvalue weighted by Gasteiger charge is 2.14. The van der Waals surface area contributed by atoms with E-state index in [-0.39, 0.29) is 11.0 Å². The van der Waals surface area contributed by atoms with E-state index in [1.54, 1.807) is 6.07 Å². The van der Waals surface area contributed by atoms with Crippen LogP contribution in [0.25, 0.3) is 0 Å². The molecule has 1 rings (SSSR count). The third-order valence-electron chi connectivity index (χ3n) is 2.46. The number of hydrogen-bond acceptors (Lipinski definition) is 4. The van der Waals surface area contributed by atoms with Crippen LogP contribution in [0.5, 0.6) is 5.75 Å². The van der Waals surface area contributed by atoms with E-state index in [0.717, 1.165) is 6.42 Å². The van der Waals surface area contributed by atoms with E-state index in [9.17, 15) is 8.42 Å². The van der Waals surface area contributed by atoms with Crippen LogP contribution in [0, 0.1) is 0 Å². The Morgan fingerprint density at radius 2 is 2.12 bits per heavy atom. The molecule has 96 valence electrons. The Morgan fingerprint density at radius 1 is 1.47 bits per heavy atom. The zero-order valence-corrected chi connectivity index (χ0v) is 11.0. The van der Waals surface area contributed by atoms with Crippen LogP contribution in [0.4, 0.5) is 5.69 Å². The van der Waals surface area contributed by atoms with Crippen LogP contribution in [0.2, 0.25) is 0 Å². The maximum atomic E-state index is 11.5. The summed E-state index contributed by atoms with van der Waals surface area (Å²) in [5.74, 6) is 0.509. The molecule has 0 aromatic heterocycles. The molecule has 1 unspecified atom stereocenters.